The number of hydrogen-bond acceptors (Lipinski definition) is 10. The number of carbonyl (C=O) groups excluding carboxylic acids is 1. The molecule has 3 aliphatic rings. The minimum Gasteiger partial charge on any atom is -0.497 e. The number of methoxy groups -OCH3 is 1. The van der Waals surface area contributed by atoms with Crippen LogP contribution in [0.4, 0.5) is 18.9 Å². The van der Waals surface area contributed by atoms with Gasteiger partial charge < -0.3 is 19.4 Å². The molecule has 0 spiro atoms. The van der Waals surface area contributed by atoms with Crippen molar-refractivity contribution in [1.29, 1.82) is 0 Å². The van der Waals surface area contributed by atoms with Crippen molar-refractivity contribution >= 4 is 39.9 Å². The number of benzene rings is 2. The molecule has 2 aromatic carbocycles. The van der Waals surface area contributed by atoms with Crippen molar-refractivity contribution in [2.75, 3.05) is 51.4 Å². The van der Waals surface area contributed by atoms with Crippen LogP contribution in [0.5, 0.6) is 5.75 Å². The molecule has 1 fully saturated rings. The number of amidine groups is 1. The lowest BCUT2D eigenvalue weighted by molar-refractivity contribution is -0.132. The van der Waals surface area contributed by atoms with Gasteiger partial charge in [-0.2, -0.15) is 13.2 Å². The monoisotopic (exact) mass is 611 g/mol. The quantitative estimate of drug-likeness (QED) is 0.329. The van der Waals surface area contributed by atoms with E-state index in [-0.39, 0.29) is 11.5 Å². The SMILES string of the molecule is COc1ccc(N2C=C(c3ccc4nc(CCN5CCOCC5)n(C)c4c3)N=C3C(=O)NC(N)(NCC(F)(F)F)N=C32)cc1. The van der Waals surface area contributed by atoms with E-state index in [9.17, 15) is 18.0 Å². The first-order chi connectivity index (χ1) is 21.0. The number of morpholine rings is 1. The van der Waals surface area contributed by atoms with E-state index < -0.39 is 24.5 Å². The number of nitrogens with one attached hydrogen (secondary N) is 2. The number of ether oxygens (including phenoxy) is 2. The predicted octanol–water partition coefficient (Wildman–Crippen LogP) is 1.97. The Labute approximate surface area is 251 Å². The van der Waals surface area contributed by atoms with Crippen molar-refractivity contribution in [3.8, 4) is 5.75 Å². The summed E-state index contributed by atoms with van der Waals surface area (Å²) >= 11 is 0. The van der Waals surface area contributed by atoms with E-state index in [1.54, 1.807) is 35.4 Å². The molecule has 1 amide bonds. The maximum atomic E-state index is 13.3. The largest absolute Gasteiger partial charge is 0.497 e. The molecule has 1 atom stereocenters. The molecule has 4 heterocycles. The van der Waals surface area contributed by atoms with E-state index in [0.717, 1.165) is 56.1 Å². The standard InChI is InChI=1S/C29H32F3N9O3/c1-39-23-15-18(3-8-21(23)35-24(39)9-10-40-11-13-44-14-12-40)22-16-41(19-4-6-20(43-2)7-5-19)26-25(36-22)27(42)38-29(33,37-26)34-17-28(30,31)32/h3-8,15-16,34H,9-14,17,33H2,1-2H3,(H,38,42). The van der Waals surface area contributed by atoms with Gasteiger partial charge in [-0.1, -0.05) is 6.07 Å². The summed E-state index contributed by atoms with van der Waals surface area (Å²) < 4.78 is 51.7. The first-order valence-electron chi connectivity index (χ1n) is 14.0. The Morgan fingerprint density at radius 3 is 2.61 bits per heavy atom. The Kier molecular flexibility index (Phi) is 7.88. The number of aromatic nitrogens is 2. The van der Waals surface area contributed by atoms with Crippen molar-refractivity contribution in [1.82, 2.24) is 25.1 Å². The van der Waals surface area contributed by atoms with Crippen molar-refractivity contribution in [2.24, 2.45) is 22.8 Å². The number of aryl methyl sites for hydroxylation is 1. The second-order valence-electron chi connectivity index (χ2n) is 10.7. The summed E-state index contributed by atoms with van der Waals surface area (Å²) in [6.07, 6.45) is -2.13. The van der Waals surface area contributed by atoms with Gasteiger partial charge >= 0.3 is 6.18 Å². The zero-order valence-electron chi connectivity index (χ0n) is 24.2. The van der Waals surface area contributed by atoms with Crippen LogP contribution < -0.4 is 26.0 Å². The van der Waals surface area contributed by atoms with Crippen LogP contribution >= 0.6 is 0 Å². The third-order valence-electron chi connectivity index (χ3n) is 7.66. The van der Waals surface area contributed by atoms with E-state index >= 15 is 0 Å². The van der Waals surface area contributed by atoms with Gasteiger partial charge in [0, 0.05) is 50.6 Å². The number of rotatable bonds is 8. The van der Waals surface area contributed by atoms with Gasteiger partial charge in [0.25, 0.3) is 5.91 Å². The highest BCUT2D eigenvalue weighted by Crippen LogP contribution is 2.31. The highest BCUT2D eigenvalue weighted by molar-refractivity contribution is 6.70. The predicted molar refractivity (Wildman–Crippen MR) is 159 cm³/mol. The number of carbonyl (C=O) groups is 1. The number of alkyl halides is 3. The van der Waals surface area contributed by atoms with Gasteiger partial charge in [0.1, 0.15) is 11.6 Å². The number of halogens is 3. The average Bonchev–Trinajstić information content (AvgIpc) is 3.33. The Morgan fingerprint density at radius 1 is 1.16 bits per heavy atom. The average molecular weight is 612 g/mol. The molecular weight excluding hydrogens is 579 g/mol. The zero-order chi connectivity index (χ0) is 31.1. The Balaban J connectivity index is 1.36. The van der Waals surface area contributed by atoms with E-state index in [4.69, 9.17) is 20.2 Å². The lowest BCUT2D eigenvalue weighted by Crippen LogP contribution is -2.71. The Hall–Kier alpha value is -4.31. The number of nitrogens with zero attached hydrogens (tertiary/aromatic N) is 6. The molecule has 3 aromatic rings. The van der Waals surface area contributed by atoms with Crippen LogP contribution in [0.25, 0.3) is 16.7 Å². The summed E-state index contributed by atoms with van der Waals surface area (Å²) in [5.74, 6) is -1.45. The zero-order valence-corrected chi connectivity index (χ0v) is 24.2. The van der Waals surface area contributed by atoms with Gasteiger partial charge in [0.15, 0.2) is 11.5 Å². The normalized spacial score (nSPS) is 21.0. The van der Waals surface area contributed by atoms with Crippen molar-refractivity contribution in [2.45, 2.75) is 18.5 Å². The molecule has 6 rings (SSSR count). The molecule has 1 unspecified atom stereocenters. The maximum Gasteiger partial charge on any atom is 0.401 e. The molecular formula is C29H32F3N9O3. The molecule has 4 N–H and O–H groups in total. The van der Waals surface area contributed by atoms with Crippen molar-refractivity contribution in [3.05, 3.63) is 60.1 Å². The molecule has 1 aromatic heterocycles. The third-order valence-corrected chi connectivity index (χ3v) is 7.66. The van der Waals surface area contributed by atoms with Crippen LogP contribution in [0.2, 0.25) is 0 Å². The Morgan fingerprint density at radius 2 is 1.91 bits per heavy atom. The Bertz CT molecular complexity index is 1660. The van der Waals surface area contributed by atoms with Gasteiger partial charge in [0.05, 0.1) is 43.6 Å². The fourth-order valence-electron chi connectivity index (χ4n) is 5.29. The van der Waals surface area contributed by atoms with E-state index in [1.807, 2.05) is 29.8 Å². The van der Waals surface area contributed by atoms with Gasteiger partial charge in [0.2, 0.25) is 5.91 Å². The minimum absolute atomic E-state index is 0.00754. The smallest absolute Gasteiger partial charge is 0.401 e. The molecule has 44 heavy (non-hydrogen) atoms. The second kappa shape index (κ2) is 11.6. The first-order valence-corrected chi connectivity index (χ1v) is 14.0. The van der Waals surface area contributed by atoms with Gasteiger partial charge in [-0.25, -0.2) is 15.0 Å². The van der Waals surface area contributed by atoms with Crippen molar-refractivity contribution < 1.29 is 27.4 Å². The molecule has 232 valence electrons. The second-order valence-corrected chi connectivity index (χ2v) is 10.7. The van der Waals surface area contributed by atoms with E-state index in [0.29, 0.717) is 22.7 Å². The number of anilines is 1. The van der Waals surface area contributed by atoms with Crippen LogP contribution in [0, 0.1) is 0 Å². The fourth-order valence-corrected chi connectivity index (χ4v) is 5.29. The molecule has 0 radical (unpaired) electrons. The van der Waals surface area contributed by atoms with E-state index in [1.165, 1.54) is 7.11 Å². The lowest BCUT2D eigenvalue weighted by atomic mass is 10.1. The van der Waals surface area contributed by atoms with Gasteiger partial charge in [-0.3, -0.25) is 25.6 Å². The first kappa shape index (κ1) is 29.7. The third kappa shape index (κ3) is 6.17. The number of aliphatic imine (C=N–C) groups is 2. The van der Waals surface area contributed by atoms with Gasteiger partial charge in [-0.15, -0.1) is 0 Å². The fraction of sp³-hybridized carbons (Fsp3) is 0.379. The highest BCUT2D eigenvalue weighted by Gasteiger charge is 2.42. The lowest BCUT2D eigenvalue weighted by Gasteiger charge is -2.37. The number of amides is 1. The molecule has 0 aliphatic carbocycles. The number of nitrogens with two attached hydrogens (primary N) is 1. The minimum atomic E-state index is -4.58. The number of fused-ring (bicyclic) bond motifs is 2. The summed E-state index contributed by atoms with van der Waals surface area (Å²) in [6, 6.07) is 12.6. The number of hydrogen-bond donors (Lipinski definition) is 3. The van der Waals surface area contributed by atoms with Crippen LogP contribution in [0.3, 0.4) is 0 Å². The van der Waals surface area contributed by atoms with Crippen LogP contribution in [0.15, 0.2) is 58.6 Å². The molecule has 1 saturated heterocycles. The summed E-state index contributed by atoms with van der Waals surface area (Å²) in [5, 5.41) is 4.41. The molecule has 15 heteroatoms. The summed E-state index contributed by atoms with van der Waals surface area (Å²) in [5.41, 5.74) is 9.41. The summed E-state index contributed by atoms with van der Waals surface area (Å²) in [6.45, 7) is 2.68. The maximum absolute atomic E-state index is 13.3. The summed E-state index contributed by atoms with van der Waals surface area (Å²) in [7, 11) is 3.50. The van der Waals surface area contributed by atoms with Gasteiger partial charge in [-0.05, 0) is 36.4 Å². The van der Waals surface area contributed by atoms with Crippen LogP contribution in [-0.4, -0.2) is 90.5 Å². The topological polar surface area (TPSA) is 135 Å². The van der Waals surface area contributed by atoms with Crippen LogP contribution in [-0.2, 0) is 23.0 Å². The van der Waals surface area contributed by atoms with Crippen molar-refractivity contribution in [3.63, 3.8) is 0 Å². The molecule has 0 saturated carbocycles. The summed E-state index contributed by atoms with van der Waals surface area (Å²) in [4.78, 5) is 30.9. The van der Waals surface area contributed by atoms with Crippen LogP contribution in [0.1, 0.15) is 11.4 Å². The highest BCUT2D eigenvalue weighted by atomic mass is 19.4. The van der Waals surface area contributed by atoms with E-state index in [2.05, 4.69) is 25.5 Å². The molecule has 0 bridgehead atoms. The number of imidazole rings is 1. The molecule has 3 aliphatic heterocycles. The molecule has 12 nitrogen and oxygen atoms in total.